The highest BCUT2D eigenvalue weighted by Crippen LogP contribution is 2.21. The molecule has 1 aromatic carbocycles. The zero-order chi connectivity index (χ0) is 23.2. The summed E-state index contributed by atoms with van der Waals surface area (Å²) in [7, 11) is 0. The Morgan fingerprint density at radius 3 is 1.25 bits per heavy atom. The maximum Gasteiger partial charge on any atom is 0.104 e. The fourth-order valence-electron chi connectivity index (χ4n) is 5.17. The van der Waals surface area contributed by atoms with Gasteiger partial charge < -0.3 is 4.48 Å². The molecule has 0 saturated carbocycles. The standard InChI is InChI=1S/C31H58N/c1-4-7-10-11-12-13-14-15-16-17-18-19-20-24-29-32(27-8-5-2,28-9-6-3)30-31-25-22-21-23-26-31/h21-23,25-26H,4-20,24,27-30H2,1-3H3/q+1. The van der Waals surface area contributed by atoms with E-state index >= 15 is 0 Å². The van der Waals surface area contributed by atoms with Crippen LogP contribution in [0.25, 0.3) is 0 Å². The summed E-state index contributed by atoms with van der Waals surface area (Å²) >= 11 is 0. The van der Waals surface area contributed by atoms with Gasteiger partial charge in [-0.25, -0.2) is 0 Å². The van der Waals surface area contributed by atoms with Crippen LogP contribution in [-0.4, -0.2) is 24.1 Å². The third-order valence-electron chi connectivity index (χ3n) is 7.32. The van der Waals surface area contributed by atoms with E-state index in [1.54, 1.807) is 0 Å². The van der Waals surface area contributed by atoms with Crippen LogP contribution in [0.1, 0.15) is 142 Å². The molecule has 0 N–H and O–H groups in total. The van der Waals surface area contributed by atoms with E-state index in [4.69, 9.17) is 0 Å². The molecule has 0 bridgehead atoms. The minimum atomic E-state index is 1.24. The molecule has 0 unspecified atom stereocenters. The number of unbranched alkanes of at least 4 members (excludes halogenated alkanes) is 15. The molecule has 0 aliphatic carbocycles. The van der Waals surface area contributed by atoms with Gasteiger partial charge in [0.15, 0.2) is 0 Å². The largest absolute Gasteiger partial charge is 0.320 e. The molecule has 0 atom stereocenters. The van der Waals surface area contributed by atoms with Gasteiger partial charge in [0.2, 0.25) is 0 Å². The maximum atomic E-state index is 2.35. The Labute approximate surface area is 203 Å². The second-order valence-corrected chi connectivity index (χ2v) is 10.5. The molecule has 1 rings (SSSR count). The number of rotatable bonds is 23. The summed E-state index contributed by atoms with van der Waals surface area (Å²) in [4.78, 5) is 0. The average Bonchev–Trinajstić information content (AvgIpc) is 2.82. The van der Waals surface area contributed by atoms with E-state index in [1.807, 2.05) is 0 Å². The Balaban J connectivity index is 2.24. The third kappa shape index (κ3) is 15.1. The molecule has 0 fully saturated rings. The lowest BCUT2D eigenvalue weighted by molar-refractivity contribution is -0.941. The molecular formula is C31H58N+. The van der Waals surface area contributed by atoms with E-state index in [0.717, 1.165) is 0 Å². The molecule has 0 heterocycles. The molecule has 0 aliphatic heterocycles. The summed E-state index contributed by atoms with van der Waals surface area (Å²) < 4.78 is 1.32. The van der Waals surface area contributed by atoms with Gasteiger partial charge >= 0.3 is 0 Å². The van der Waals surface area contributed by atoms with Crippen molar-refractivity contribution in [3.05, 3.63) is 35.9 Å². The highest BCUT2D eigenvalue weighted by atomic mass is 15.3. The van der Waals surface area contributed by atoms with Crippen molar-refractivity contribution in [2.24, 2.45) is 0 Å². The average molecular weight is 445 g/mol. The number of nitrogens with zero attached hydrogens (tertiary/aromatic N) is 1. The fraction of sp³-hybridized carbons (Fsp3) is 0.806. The zero-order valence-electron chi connectivity index (χ0n) is 22.4. The van der Waals surface area contributed by atoms with Gasteiger partial charge in [0.25, 0.3) is 0 Å². The van der Waals surface area contributed by atoms with Gasteiger partial charge in [-0.05, 0) is 25.7 Å². The molecule has 1 heteroatoms. The fourth-order valence-corrected chi connectivity index (χ4v) is 5.17. The van der Waals surface area contributed by atoms with Crippen LogP contribution in [0.2, 0.25) is 0 Å². The summed E-state index contributed by atoms with van der Waals surface area (Å²) in [6, 6.07) is 11.3. The van der Waals surface area contributed by atoms with Crippen molar-refractivity contribution in [1.29, 1.82) is 0 Å². The normalized spacial score (nSPS) is 11.8. The van der Waals surface area contributed by atoms with Gasteiger partial charge in [-0.3, -0.25) is 0 Å². The van der Waals surface area contributed by atoms with Crippen molar-refractivity contribution >= 4 is 0 Å². The first kappa shape index (κ1) is 29.2. The van der Waals surface area contributed by atoms with Gasteiger partial charge in [-0.2, -0.15) is 0 Å². The molecule has 186 valence electrons. The van der Waals surface area contributed by atoms with Crippen LogP contribution in [0.4, 0.5) is 0 Å². The van der Waals surface area contributed by atoms with E-state index in [2.05, 4.69) is 51.1 Å². The second kappa shape index (κ2) is 20.8. The predicted molar refractivity (Wildman–Crippen MR) is 145 cm³/mol. The quantitative estimate of drug-likeness (QED) is 0.116. The van der Waals surface area contributed by atoms with Crippen molar-refractivity contribution in [2.45, 2.75) is 143 Å². The molecule has 0 amide bonds. The summed E-state index contributed by atoms with van der Waals surface area (Å²) in [6.45, 7) is 12.4. The topological polar surface area (TPSA) is 0 Å². The number of hydrogen-bond acceptors (Lipinski definition) is 0. The lowest BCUT2D eigenvalue weighted by atomic mass is 10.0. The third-order valence-corrected chi connectivity index (χ3v) is 7.32. The summed E-state index contributed by atoms with van der Waals surface area (Å²) in [5.41, 5.74) is 1.53. The van der Waals surface area contributed by atoms with Crippen molar-refractivity contribution in [2.75, 3.05) is 19.6 Å². The number of hydrogen-bond donors (Lipinski definition) is 0. The summed E-state index contributed by atoms with van der Waals surface area (Å²) in [6.07, 6.45) is 25.7. The van der Waals surface area contributed by atoms with Crippen LogP contribution in [0.5, 0.6) is 0 Å². The van der Waals surface area contributed by atoms with E-state index in [9.17, 15) is 0 Å². The van der Waals surface area contributed by atoms with E-state index in [1.165, 1.54) is 152 Å². The van der Waals surface area contributed by atoms with Crippen molar-refractivity contribution < 1.29 is 4.48 Å². The van der Waals surface area contributed by atoms with E-state index in [-0.39, 0.29) is 0 Å². The molecule has 0 aliphatic rings. The predicted octanol–water partition coefficient (Wildman–Crippen LogP) is 10.1. The number of benzene rings is 1. The lowest BCUT2D eigenvalue weighted by Crippen LogP contribution is -2.49. The summed E-state index contributed by atoms with van der Waals surface area (Å²) in [5.74, 6) is 0. The monoisotopic (exact) mass is 444 g/mol. The smallest absolute Gasteiger partial charge is 0.104 e. The lowest BCUT2D eigenvalue weighted by Gasteiger charge is -2.39. The Morgan fingerprint density at radius 2 is 0.812 bits per heavy atom. The Morgan fingerprint density at radius 1 is 0.438 bits per heavy atom. The molecule has 1 aromatic rings. The molecule has 1 nitrogen and oxygen atoms in total. The van der Waals surface area contributed by atoms with Crippen molar-refractivity contribution in [3.63, 3.8) is 0 Å². The molecule has 0 spiro atoms. The van der Waals surface area contributed by atoms with Gasteiger partial charge in [-0.1, -0.05) is 141 Å². The van der Waals surface area contributed by atoms with Crippen molar-refractivity contribution in [1.82, 2.24) is 0 Å². The maximum absolute atomic E-state index is 2.35. The first-order valence-corrected chi connectivity index (χ1v) is 14.7. The first-order chi connectivity index (χ1) is 15.8. The minimum absolute atomic E-state index is 1.24. The molecule has 0 radical (unpaired) electrons. The van der Waals surface area contributed by atoms with Gasteiger partial charge in [0.1, 0.15) is 6.54 Å². The van der Waals surface area contributed by atoms with Gasteiger partial charge in [0.05, 0.1) is 19.6 Å². The van der Waals surface area contributed by atoms with Crippen LogP contribution in [0.15, 0.2) is 30.3 Å². The summed E-state index contributed by atoms with van der Waals surface area (Å²) in [5, 5.41) is 0. The van der Waals surface area contributed by atoms with Crippen LogP contribution < -0.4 is 0 Å². The molecule has 32 heavy (non-hydrogen) atoms. The first-order valence-electron chi connectivity index (χ1n) is 14.7. The number of quaternary nitrogens is 1. The van der Waals surface area contributed by atoms with Crippen molar-refractivity contribution in [3.8, 4) is 0 Å². The Kier molecular flexibility index (Phi) is 19.0. The van der Waals surface area contributed by atoms with Gasteiger partial charge in [0, 0.05) is 5.56 Å². The Hall–Kier alpha value is -0.820. The van der Waals surface area contributed by atoms with E-state index in [0.29, 0.717) is 0 Å². The van der Waals surface area contributed by atoms with Gasteiger partial charge in [-0.15, -0.1) is 0 Å². The van der Waals surface area contributed by atoms with E-state index < -0.39 is 0 Å². The SMILES string of the molecule is CCCCCCCCCCCCCCCC[N+](CCCC)(CCCC)Cc1ccccc1. The van der Waals surface area contributed by atoms with Crippen LogP contribution >= 0.6 is 0 Å². The second-order valence-electron chi connectivity index (χ2n) is 10.5. The zero-order valence-corrected chi connectivity index (χ0v) is 22.4. The van der Waals surface area contributed by atoms with Crippen LogP contribution in [0, 0.1) is 0 Å². The minimum Gasteiger partial charge on any atom is -0.320 e. The highest BCUT2D eigenvalue weighted by molar-refractivity contribution is 5.13. The Bertz CT molecular complexity index is 486. The highest BCUT2D eigenvalue weighted by Gasteiger charge is 2.26. The van der Waals surface area contributed by atoms with Crippen LogP contribution in [-0.2, 0) is 6.54 Å². The van der Waals surface area contributed by atoms with Crippen LogP contribution in [0.3, 0.4) is 0 Å². The molecule has 0 saturated heterocycles. The molecular weight excluding hydrogens is 386 g/mol. The molecule has 0 aromatic heterocycles.